The van der Waals surface area contributed by atoms with Crippen LogP contribution in [-0.4, -0.2) is 45.2 Å². The van der Waals surface area contributed by atoms with E-state index in [2.05, 4.69) is 30.0 Å². The highest BCUT2D eigenvalue weighted by Gasteiger charge is 2.22. The van der Waals surface area contributed by atoms with E-state index in [1.807, 2.05) is 12.1 Å². The quantitative estimate of drug-likeness (QED) is 0.671. The molecule has 0 aliphatic carbocycles. The predicted molar refractivity (Wildman–Crippen MR) is 110 cm³/mol. The zero-order valence-electron chi connectivity index (χ0n) is 17.4. The van der Waals surface area contributed by atoms with Crippen molar-refractivity contribution in [2.24, 2.45) is 0 Å². The van der Waals surface area contributed by atoms with Crippen LogP contribution in [0.5, 0.6) is 23.0 Å². The molecule has 1 saturated heterocycles. The smallest absolute Gasteiger partial charge is 0.231 e. The van der Waals surface area contributed by atoms with Crippen LogP contribution in [0, 0.1) is 6.92 Å². The number of nitrogens with zero attached hydrogens (tertiary/aromatic N) is 1. The molecule has 2 aliphatic rings. The van der Waals surface area contributed by atoms with Crippen molar-refractivity contribution >= 4 is 0 Å². The second-order valence-electron chi connectivity index (χ2n) is 7.63. The lowest BCUT2D eigenvalue weighted by Gasteiger charge is -2.26. The zero-order chi connectivity index (χ0) is 20.2. The van der Waals surface area contributed by atoms with Gasteiger partial charge in [0.2, 0.25) is 6.79 Å². The molecule has 0 N–H and O–H groups in total. The Bertz CT molecular complexity index is 847. The molecule has 0 radical (unpaired) electrons. The Hall–Kier alpha value is -2.44. The molecule has 2 aliphatic heterocycles. The van der Waals surface area contributed by atoms with Crippen LogP contribution in [0.2, 0.25) is 0 Å². The Kier molecular flexibility index (Phi) is 6.11. The fourth-order valence-corrected chi connectivity index (χ4v) is 3.99. The molecule has 0 saturated carbocycles. The van der Waals surface area contributed by atoms with E-state index in [0.29, 0.717) is 6.79 Å². The van der Waals surface area contributed by atoms with Crippen LogP contribution in [0.15, 0.2) is 30.3 Å². The van der Waals surface area contributed by atoms with Crippen molar-refractivity contribution in [3.8, 4) is 23.0 Å². The minimum atomic E-state index is 0.282. The summed E-state index contributed by atoms with van der Waals surface area (Å²) in [5.74, 6) is 3.15. The molecule has 0 spiro atoms. The first-order valence-corrected chi connectivity index (χ1v) is 10.1. The van der Waals surface area contributed by atoms with Crippen molar-refractivity contribution in [3.63, 3.8) is 0 Å². The lowest BCUT2D eigenvalue weighted by atomic mass is 10.1. The molecule has 0 bridgehead atoms. The highest BCUT2D eigenvalue weighted by molar-refractivity contribution is 5.47. The summed E-state index contributed by atoms with van der Waals surface area (Å²) >= 11 is 0. The molecule has 2 aromatic carbocycles. The highest BCUT2D eigenvalue weighted by Crippen LogP contribution is 2.34. The molecule has 0 unspecified atom stereocenters. The molecule has 6 heteroatoms. The van der Waals surface area contributed by atoms with Crippen LogP contribution in [0.4, 0.5) is 0 Å². The van der Waals surface area contributed by atoms with Crippen LogP contribution in [0.1, 0.15) is 29.5 Å². The summed E-state index contributed by atoms with van der Waals surface area (Å²) < 4.78 is 27.9. The fraction of sp³-hybridized carbons (Fsp3) is 0.478. The number of aryl methyl sites for hydroxylation is 1. The van der Waals surface area contributed by atoms with E-state index >= 15 is 0 Å². The number of fused-ring (bicyclic) bond motifs is 1. The Balaban J connectivity index is 1.55. The van der Waals surface area contributed by atoms with Gasteiger partial charge in [-0.1, -0.05) is 6.07 Å². The van der Waals surface area contributed by atoms with Crippen molar-refractivity contribution in [2.75, 3.05) is 34.2 Å². The van der Waals surface area contributed by atoms with Gasteiger partial charge in [0.25, 0.3) is 0 Å². The van der Waals surface area contributed by atoms with Crippen LogP contribution >= 0.6 is 0 Å². The topological polar surface area (TPSA) is 49.4 Å². The first-order chi connectivity index (χ1) is 14.2. The van der Waals surface area contributed by atoms with Crippen molar-refractivity contribution in [1.29, 1.82) is 0 Å². The monoisotopic (exact) mass is 399 g/mol. The molecule has 1 fully saturated rings. The molecule has 4 rings (SSSR count). The van der Waals surface area contributed by atoms with Gasteiger partial charge < -0.3 is 23.7 Å². The van der Waals surface area contributed by atoms with Gasteiger partial charge in [-0.05, 0) is 60.7 Å². The van der Waals surface area contributed by atoms with E-state index in [1.165, 1.54) is 16.7 Å². The number of methoxy groups -OCH3 is 2. The average molecular weight is 399 g/mol. The average Bonchev–Trinajstić information content (AvgIpc) is 3.40. The van der Waals surface area contributed by atoms with E-state index in [4.69, 9.17) is 23.7 Å². The van der Waals surface area contributed by atoms with Crippen LogP contribution in [0.3, 0.4) is 0 Å². The number of benzene rings is 2. The van der Waals surface area contributed by atoms with Gasteiger partial charge in [0.1, 0.15) is 0 Å². The van der Waals surface area contributed by atoms with Gasteiger partial charge >= 0.3 is 0 Å². The molecule has 156 valence electrons. The van der Waals surface area contributed by atoms with Gasteiger partial charge in [-0.3, -0.25) is 4.90 Å². The van der Waals surface area contributed by atoms with Crippen LogP contribution in [0.25, 0.3) is 0 Å². The van der Waals surface area contributed by atoms with E-state index in [1.54, 1.807) is 14.2 Å². The van der Waals surface area contributed by atoms with E-state index in [0.717, 1.165) is 62.1 Å². The Morgan fingerprint density at radius 2 is 1.79 bits per heavy atom. The van der Waals surface area contributed by atoms with E-state index < -0.39 is 0 Å². The molecule has 6 nitrogen and oxygen atoms in total. The van der Waals surface area contributed by atoms with Crippen molar-refractivity contribution in [2.45, 2.75) is 39.0 Å². The zero-order valence-corrected chi connectivity index (χ0v) is 17.4. The summed E-state index contributed by atoms with van der Waals surface area (Å²) in [5.41, 5.74) is 3.61. The fourth-order valence-electron chi connectivity index (χ4n) is 3.99. The van der Waals surface area contributed by atoms with Crippen molar-refractivity contribution < 1.29 is 23.7 Å². The Labute approximate surface area is 172 Å². The summed E-state index contributed by atoms with van der Waals surface area (Å²) in [6, 6.07) is 10.3. The van der Waals surface area contributed by atoms with Crippen LogP contribution < -0.4 is 18.9 Å². The number of hydrogen-bond donors (Lipinski definition) is 0. The molecule has 0 aromatic heterocycles. The normalized spacial score (nSPS) is 17.7. The van der Waals surface area contributed by atoms with Crippen LogP contribution in [-0.2, 0) is 17.8 Å². The molecule has 0 amide bonds. The second-order valence-corrected chi connectivity index (χ2v) is 7.63. The van der Waals surface area contributed by atoms with Gasteiger partial charge in [0.05, 0.1) is 20.3 Å². The lowest BCUT2D eigenvalue weighted by Crippen LogP contribution is -2.31. The summed E-state index contributed by atoms with van der Waals surface area (Å²) in [6.07, 6.45) is 2.53. The van der Waals surface area contributed by atoms with Gasteiger partial charge in [-0.15, -0.1) is 0 Å². The molecular weight excluding hydrogens is 370 g/mol. The van der Waals surface area contributed by atoms with Gasteiger partial charge in [-0.2, -0.15) is 0 Å². The maximum atomic E-state index is 5.91. The summed E-state index contributed by atoms with van der Waals surface area (Å²) in [7, 11) is 3.34. The summed E-state index contributed by atoms with van der Waals surface area (Å²) in [6.45, 7) is 5.77. The lowest BCUT2D eigenvalue weighted by molar-refractivity contribution is 0.0678. The third-order valence-electron chi connectivity index (χ3n) is 5.57. The van der Waals surface area contributed by atoms with Gasteiger partial charge in [-0.25, -0.2) is 0 Å². The number of rotatable bonds is 8. The first kappa shape index (κ1) is 19.9. The standard InChI is InChI=1S/C23H29NO5/c1-16-9-21(25-2)22(26-3)11-18(16)13-24(14-19-5-4-8-27-19)12-17-6-7-20-23(10-17)29-15-28-20/h6-7,9-11,19H,4-5,8,12-15H2,1-3H3/t19-/m0/s1. The number of ether oxygens (including phenoxy) is 5. The first-order valence-electron chi connectivity index (χ1n) is 10.1. The van der Waals surface area contributed by atoms with Gasteiger partial charge in [0, 0.05) is 26.2 Å². The number of hydrogen-bond acceptors (Lipinski definition) is 6. The SMILES string of the molecule is COc1cc(C)c(CN(Cc2ccc3c(c2)OCO3)C[C@@H]2CCCO2)cc1OC. The maximum absolute atomic E-state index is 5.91. The van der Waals surface area contributed by atoms with Crippen molar-refractivity contribution in [3.05, 3.63) is 47.0 Å². The van der Waals surface area contributed by atoms with E-state index in [-0.39, 0.29) is 6.10 Å². The Morgan fingerprint density at radius 3 is 2.55 bits per heavy atom. The third-order valence-corrected chi connectivity index (χ3v) is 5.57. The Morgan fingerprint density at radius 1 is 1.00 bits per heavy atom. The highest BCUT2D eigenvalue weighted by atomic mass is 16.7. The largest absolute Gasteiger partial charge is 0.493 e. The molecule has 2 heterocycles. The molecule has 2 aromatic rings. The minimum absolute atomic E-state index is 0.282. The van der Waals surface area contributed by atoms with Gasteiger partial charge in [0.15, 0.2) is 23.0 Å². The molecular formula is C23H29NO5. The molecule has 1 atom stereocenters. The minimum Gasteiger partial charge on any atom is -0.493 e. The molecule has 29 heavy (non-hydrogen) atoms. The summed E-state index contributed by atoms with van der Waals surface area (Å²) in [4.78, 5) is 2.43. The second kappa shape index (κ2) is 8.93. The van der Waals surface area contributed by atoms with Crippen molar-refractivity contribution in [1.82, 2.24) is 4.90 Å². The third kappa shape index (κ3) is 4.60. The van der Waals surface area contributed by atoms with E-state index in [9.17, 15) is 0 Å². The maximum Gasteiger partial charge on any atom is 0.231 e. The summed E-state index contributed by atoms with van der Waals surface area (Å²) in [5, 5.41) is 0. The predicted octanol–water partition coefficient (Wildman–Crippen LogP) is 3.92.